The number of methoxy groups -OCH3 is 1. The van der Waals surface area contributed by atoms with E-state index in [1.807, 2.05) is 0 Å². The number of hydrogen-bond acceptors (Lipinski definition) is 5. The first-order valence-corrected chi connectivity index (χ1v) is 7.00. The molecule has 1 aromatic carbocycles. The van der Waals surface area contributed by atoms with E-state index in [0.29, 0.717) is 42.8 Å². The Balaban J connectivity index is 2.10. The number of benzene rings is 1. The molecule has 0 heterocycles. The minimum Gasteiger partial charge on any atom is -0.397 e. The molecule has 0 spiro atoms. The largest absolute Gasteiger partial charge is 0.397 e. The summed E-state index contributed by atoms with van der Waals surface area (Å²) in [7, 11) is 1.62. The molecule has 0 fully saturated rings. The lowest BCUT2D eigenvalue weighted by atomic mass is 10.3. The number of nitrogens with two attached hydrogens (primary N) is 1. The molecule has 0 aliphatic carbocycles. The first-order valence-electron chi connectivity index (χ1n) is 6.62. The highest BCUT2D eigenvalue weighted by molar-refractivity contribution is 6.33. The first-order chi connectivity index (χ1) is 10.1. The topological polar surface area (TPSA) is 82.8 Å². The maximum atomic E-state index is 11.6. The second kappa shape index (κ2) is 10.4. The summed E-state index contributed by atoms with van der Waals surface area (Å²) >= 11 is 5.80. The Bertz CT molecular complexity index is 443. The second-order valence-electron chi connectivity index (χ2n) is 4.30. The molecule has 0 radical (unpaired) electrons. The number of carbonyl (C=O) groups is 1. The Morgan fingerprint density at radius 3 is 2.71 bits per heavy atom. The summed E-state index contributed by atoms with van der Waals surface area (Å²) in [6, 6.07) is 4.91. The molecule has 7 heteroatoms. The minimum absolute atomic E-state index is 0.0133. The molecule has 0 saturated carbocycles. The van der Waals surface area contributed by atoms with Crippen molar-refractivity contribution in [2.24, 2.45) is 0 Å². The van der Waals surface area contributed by atoms with Gasteiger partial charge in [0.15, 0.2) is 0 Å². The predicted molar refractivity (Wildman–Crippen MR) is 82.6 cm³/mol. The fraction of sp³-hybridized carbons (Fsp3) is 0.500. The SMILES string of the molecule is COCCOCCCOCC(=O)Nc1ccc(Cl)c(N)c1. The van der Waals surface area contributed by atoms with E-state index in [2.05, 4.69) is 5.32 Å². The minimum atomic E-state index is -0.239. The van der Waals surface area contributed by atoms with Crippen molar-refractivity contribution in [3.8, 4) is 0 Å². The van der Waals surface area contributed by atoms with Gasteiger partial charge < -0.3 is 25.3 Å². The Hall–Kier alpha value is -1.34. The monoisotopic (exact) mass is 316 g/mol. The van der Waals surface area contributed by atoms with Crippen molar-refractivity contribution in [2.75, 3.05) is 51.2 Å². The van der Waals surface area contributed by atoms with E-state index < -0.39 is 0 Å². The maximum Gasteiger partial charge on any atom is 0.250 e. The summed E-state index contributed by atoms with van der Waals surface area (Å²) in [4.78, 5) is 11.6. The van der Waals surface area contributed by atoms with Gasteiger partial charge in [0.25, 0.3) is 0 Å². The molecule has 1 rings (SSSR count). The lowest BCUT2D eigenvalue weighted by molar-refractivity contribution is -0.120. The van der Waals surface area contributed by atoms with E-state index in [4.69, 9.17) is 31.5 Å². The number of nitrogen functional groups attached to an aromatic ring is 1. The molecule has 21 heavy (non-hydrogen) atoms. The van der Waals surface area contributed by atoms with Crippen LogP contribution in [0.1, 0.15) is 6.42 Å². The normalized spacial score (nSPS) is 10.6. The molecule has 0 aliphatic rings. The molecule has 1 amide bonds. The Morgan fingerprint density at radius 1 is 1.24 bits per heavy atom. The van der Waals surface area contributed by atoms with Gasteiger partial charge in [-0.1, -0.05) is 11.6 Å². The average Bonchev–Trinajstić information content (AvgIpc) is 2.46. The molecule has 0 aliphatic heterocycles. The van der Waals surface area contributed by atoms with Crippen LogP contribution in [0.5, 0.6) is 0 Å². The van der Waals surface area contributed by atoms with Gasteiger partial charge >= 0.3 is 0 Å². The van der Waals surface area contributed by atoms with E-state index in [-0.39, 0.29) is 12.5 Å². The Labute approximate surface area is 129 Å². The third kappa shape index (κ3) is 7.87. The van der Waals surface area contributed by atoms with Gasteiger partial charge in [0.1, 0.15) is 6.61 Å². The van der Waals surface area contributed by atoms with Gasteiger partial charge in [0.05, 0.1) is 23.9 Å². The summed E-state index contributed by atoms with van der Waals surface area (Å²) in [5, 5.41) is 3.13. The number of amides is 1. The summed E-state index contributed by atoms with van der Waals surface area (Å²) in [5.74, 6) is -0.239. The number of hydrogen-bond donors (Lipinski definition) is 2. The summed E-state index contributed by atoms with van der Waals surface area (Å²) in [6.07, 6.45) is 0.727. The highest BCUT2D eigenvalue weighted by atomic mass is 35.5. The van der Waals surface area contributed by atoms with Crippen LogP contribution in [-0.2, 0) is 19.0 Å². The highest BCUT2D eigenvalue weighted by Crippen LogP contribution is 2.22. The quantitative estimate of drug-likeness (QED) is 0.509. The molecule has 0 saturated heterocycles. The van der Waals surface area contributed by atoms with Crippen LogP contribution in [0.4, 0.5) is 11.4 Å². The Morgan fingerprint density at radius 2 is 2.00 bits per heavy atom. The van der Waals surface area contributed by atoms with E-state index in [0.717, 1.165) is 6.42 Å². The zero-order chi connectivity index (χ0) is 15.5. The number of carbonyl (C=O) groups excluding carboxylic acids is 1. The zero-order valence-electron chi connectivity index (χ0n) is 12.1. The molecule has 6 nitrogen and oxygen atoms in total. The van der Waals surface area contributed by atoms with Crippen LogP contribution >= 0.6 is 11.6 Å². The number of anilines is 2. The van der Waals surface area contributed by atoms with Crippen molar-refractivity contribution < 1.29 is 19.0 Å². The van der Waals surface area contributed by atoms with Gasteiger partial charge in [0, 0.05) is 26.0 Å². The smallest absolute Gasteiger partial charge is 0.250 e. The number of rotatable bonds is 10. The van der Waals surface area contributed by atoms with E-state index in [1.165, 1.54) is 0 Å². The van der Waals surface area contributed by atoms with Crippen LogP contribution in [-0.4, -0.2) is 46.1 Å². The van der Waals surface area contributed by atoms with Crippen LogP contribution in [0, 0.1) is 0 Å². The summed E-state index contributed by atoms with van der Waals surface area (Å²) < 4.78 is 15.4. The maximum absolute atomic E-state index is 11.6. The number of ether oxygens (including phenoxy) is 3. The lowest BCUT2D eigenvalue weighted by Crippen LogP contribution is -2.19. The highest BCUT2D eigenvalue weighted by Gasteiger charge is 2.04. The number of halogens is 1. The van der Waals surface area contributed by atoms with Gasteiger partial charge in [-0.15, -0.1) is 0 Å². The van der Waals surface area contributed by atoms with Crippen LogP contribution in [0.15, 0.2) is 18.2 Å². The molecule has 3 N–H and O–H groups in total. The molecule has 118 valence electrons. The standard InChI is InChI=1S/C14H21ClN2O4/c1-19-7-8-20-5-2-6-21-10-14(18)17-11-3-4-12(15)13(16)9-11/h3-4,9H,2,5-8,10,16H2,1H3,(H,17,18). The molecule has 0 atom stereocenters. The summed E-state index contributed by atoms with van der Waals surface area (Å²) in [5.41, 5.74) is 6.66. The predicted octanol–water partition coefficient (Wildman–Crippen LogP) is 1.93. The lowest BCUT2D eigenvalue weighted by Gasteiger charge is -2.08. The van der Waals surface area contributed by atoms with Crippen LogP contribution in [0.3, 0.4) is 0 Å². The van der Waals surface area contributed by atoms with Gasteiger partial charge in [0.2, 0.25) is 5.91 Å². The van der Waals surface area contributed by atoms with Crippen molar-refractivity contribution in [3.05, 3.63) is 23.2 Å². The second-order valence-corrected chi connectivity index (χ2v) is 4.70. The van der Waals surface area contributed by atoms with Gasteiger partial charge in [-0.05, 0) is 24.6 Å². The third-order valence-corrected chi connectivity index (χ3v) is 2.87. The zero-order valence-corrected chi connectivity index (χ0v) is 12.8. The van der Waals surface area contributed by atoms with Gasteiger partial charge in [-0.3, -0.25) is 4.79 Å². The number of nitrogens with one attached hydrogen (secondary N) is 1. The van der Waals surface area contributed by atoms with Crippen LogP contribution in [0.25, 0.3) is 0 Å². The third-order valence-electron chi connectivity index (χ3n) is 2.52. The van der Waals surface area contributed by atoms with E-state index in [9.17, 15) is 4.79 Å². The van der Waals surface area contributed by atoms with E-state index in [1.54, 1.807) is 25.3 Å². The van der Waals surface area contributed by atoms with Crippen molar-refractivity contribution in [1.29, 1.82) is 0 Å². The molecule has 1 aromatic rings. The van der Waals surface area contributed by atoms with Crippen LogP contribution in [0.2, 0.25) is 5.02 Å². The van der Waals surface area contributed by atoms with Crippen molar-refractivity contribution in [1.82, 2.24) is 0 Å². The van der Waals surface area contributed by atoms with Gasteiger partial charge in [-0.2, -0.15) is 0 Å². The van der Waals surface area contributed by atoms with Gasteiger partial charge in [-0.25, -0.2) is 0 Å². The molecular formula is C14H21ClN2O4. The molecule has 0 bridgehead atoms. The molecule has 0 unspecified atom stereocenters. The molecule has 0 aromatic heterocycles. The van der Waals surface area contributed by atoms with Crippen molar-refractivity contribution in [2.45, 2.75) is 6.42 Å². The Kier molecular flexibility index (Phi) is 8.77. The average molecular weight is 317 g/mol. The van der Waals surface area contributed by atoms with Crippen molar-refractivity contribution >= 4 is 28.9 Å². The van der Waals surface area contributed by atoms with Crippen LogP contribution < -0.4 is 11.1 Å². The fourth-order valence-corrected chi connectivity index (χ4v) is 1.61. The summed E-state index contributed by atoms with van der Waals surface area (Å²) in [6.45, 7) is 2.17. The fourth-order valence-electron chi connectivity index (χ4n) is 1.49. The van der Waals surface area contributed by atoms with E-state index >= 15 is 0 Å². The molecular weight excluding hydrogens is 296 g/mol. The van der Waals surface area contributed by atoms with Crippen molar-refractivity contribution in [3.63, 3.8) is 0 Å². The first kappa shape index (κ1) is 17.7.